The Morgan fingerprint density at radius 3 is 1.79 bits per heavy atom. The molecule has 0 aromatic carbocycles. The standard InChI is InChI=1S/C32H54N8O12/c1-15(2)11-18(33)27(46)38-21(12-16(3)4)31(50)40-10-6-7-23(40)30(49)35-17(5)26(45)39-22(14-41)29(48)37-20(13-24(34)42)28(47)36-19(32(51)52)8-9-25(43)44/h15-23,41H,6-14,33H2,1-5H3,(H2,34,42)(H,35,49)(H,36,47)(H,37,48)(H,38,46)(H,39,45)(H,43,44)(H,51,52)/t17-,18-,19-,20-,21-,22-,23-/m0/s1. The summed E-state index contributed by atoms with van der Waals surface area (Å²) in [6.07, 6.45) is -0.498. The van der Waals surface area contributed by atoms with Gasteiger partial charge in [-0.3, -0.25) is 38.4 Å². The molecule has 0 unspecified atom stereocenters. The van der Waals surface area contributed by atoms with Crippen LogP contribution >= 0.6 is 0 Å². The number of aliphatic carboxylic acids is 2. The van der Waals surface area contributed by atoms with E-state index < -0.39 is 121 Å². The number of rotatable bonds is 22. The van der Waals surface area contributed by atoms with Crippen LogP contribution in [0, 0.1) is 11.8 Å². The van der Waals surface area contributed by atoms with E-state index >= 15 is 0 Å². The number of carbonyl (C=O) groups excluding carboxylic acids is 7. The van der Waals surface area contributed by atoms with E-state index in [0.717, 1.165) is 0 Å². The topological polar surface area (TPSA) is 330 Å². The molecule has 1 aliphatic rings. The van der Waals surface area contributed by atoms with E-state index in [2.05, 4.69) is 21.3 Å². The number of likely N-dealkylation sites (tertiary alicyclic amines) is 1. The van der Waals surface area contributed by atoms with Crippen molar-refractivity contribution in [3.05, 3.63) is 0 Å². The van der Waals surface area contributed by atoms with Crippen LogP contribution in [0.1, 0.15) is 79.6 Å². The number of aliphatic hydroxyl groups is 1. The quantitative estimate of drug-likeness (QED) is 0.0519. The minimum absolute atomic E-state index is 0.0109. The van der Waals surface area contributed by atoms with Crippen molar-refractivity contribution in [1.29, 1.82) is 0 Å². The Morgan fingerprint density at radius 1 is 0.731 bits per heavy atom. The molecule has 1 saturated heterocycles. The van der Waals surface area contributed by atoms with Gasteiger partial charge in [-0.15, -0.1) is 0 Å². The molecule has 1 rings (SSSR count). The molecule has 52 heavy (non-hydrogen) atoms. The number of carboxylic acids is 2. The van der Waals surface area contributed by atoms with Crippen LogP contribution in [0.3, 0.4) is 0 Å². The van der Waals surface area contributed by atoms with Gasteiger partial charge >= 0.3 is 11.9 Å². The van der Waals surface area contributed by atoms with E-state index in [4.69, 9.17) is 16.6 Å². The molecule has 0 radical (unpaired) electrons. The third-order valence-corrected chi connectivity index (χ3v) is 8.09. The van der Waals surface area contributed by atoms with Gasteiger partial charge in [0.25, 0.3) is 0 Å². The number of aliphatic hydroxyl groups excluding tert-OH is 1. The van der Waals surface area contributed by atoms with Crippen molar-refractivity contribution in [2.75, 3.05) is 13.2 Å². The van der Waals surface area contributed by atoms with Crippen LogP contribution in [0.2, 0.25) is 0 Å². The first kappa shape index (κ1) is 45.2. The molecule has 294 valence electrons. The second-order valence-electron chi connectivity index (χ2n) is 13.7. The Kier molecular flexibility index (Phi) is 18.7. The van der Waals surface area contributed by atoms with Gasteiger partial charge in [0.1, 0.15) is 36.3 Å². The fourth-order valence-corrected chi connectivity index (χ4v) is 5.44. The van der Waals surface area contributed by atoms with E-state index in [1.807, 2.05) is 33.0 Å². The SMILES string of the molecule is CC(C)C[C@H](NC(=O)[C@@H](N)CC(C)C)C(=O)N1CCC[C@H]1C(=O)N[C@@H](C)C(=O)N[C@@H](CO)C(=O)N[C@@H](CC(N)=O)C(=O)N[C@@H](CCC(=O)O)C(=O)O. The highest BCUT2D eigenvalue weighted by molar-refractivity contribution is 5.98. The number of carboxylic acid groups (broad SMARTS) is 2. The molecule has 20 nitrogen and oxygen atoms in total. The molecule has 1 aliphatic heterocycles. The minimum Gasteiger partial charge on any atom is -0.481 e. The molecule has 0 bridgehead atoms. The van der Waals surface area contributed by atoms with Gasteiger partial charge in [-0.1, -0.05) is 27.7 Å². The molecule has 0 saturated carbocycles. The Labute approximate surface area is 301 Å². The van der Waals surface area contributed by atoms with Crippen molar-refractivity contribution in [1.82, 2.24) is 31.5 Å². The lowest BCUT2D eigenvalue weighted by Crippen LogP contribution is -2.60. The molecule has 1 fully saturated rings. The van der Waals surface area contributed by atoms with Crippen molar-refractivity contribution in [3.63, 3.8) is 0 Å². The van der Waals surface area contributed by atoms with Crippen molar-refractivity contribution in [3.8, 4) is 0 Å². The number of nitrogens with one attached hydrogen (secondary N) is 5. The van der Waals surface area contributed by atoms with Crippen LogP contribution in [0.4, 0.5) is 0 Å². The van der Waals surface area contributed by atoms with Crippen LogP contribution in [0.5, 0.6) is 0 Å². The van der Waals surface area contributed by atoms with Gasteiger partial charge in [-0.2, -0.15) is 0 Å². The third-order valence-electron chi connectivity index (χ3n) is 8.09. The second-order valence-corrected chi connectivity index (χ2v) is 13.7. The lowest BCUT2D eigenvalue weighted by molar-refractivity contribution is -0.143. The van der Waals surface area contributed by atoms with Crippen LogP contribution in [0.15, 0.2) is 0 Å². The summed E-state index contributed by atoms with van der Waals surface area (Å²) >= 11 is 0. The second kappa shape index (κ2) is 21.5. The number of hydrogen-bond donors (Lipinski definition) is 10. The highest BCUT2D eigenvalue weighted by Crippen LogP contribution is 2.21. The van der Waals surface area contributed by atoms with Crippen LogP contribution in [-0.4, -0.2) is 129 Å². The average molecular weight is 743 g/mol. The first-order valence-corrected chi connectivity index (χ1v) is 17.1. The number of nitrogens with two attached hydrogens (primary N) is 2. The maximum absolute atomic E-state index is 13.6. The molecule has 1 heterocycles. The molecule has 0 aromatic rings. The van der Waals surface area contributed by atoms with Crippen LogP contribution in [0.25, 0.3) is 0 Å². The van der Waals surface area contributed by atoms with Crippen molar-refractivity contribution >= 4 is 53.3 Å². The van der Waals surface area contributed by atoms with Crippen molar-refractivity contribution in [2.45, 2.75) is 122 Å². The maximum atomic E-state index is 13.6. The Balaban J connectivity index is 2.97. The van der Waals surface area contributed by atoms with Gasteiger partial charge in [0, 0.05) is 13.0 Å². The highest BCUT2D eigenvalue weighted by Gasteiger charge is 2.39. The average Bonchev–Trinajstić information content (AvgIpc) is 3.53. The van der Waals surface area contributed by atoms with E-state index in [1.165, 1.54) is 11.8 Å². The Morgan fingerprint density at radius 2 is 1.27 bits per heavy atom. The molecular weight excluding hydrogens is 688 g/mol. The Bertz CT molecular complexity index is 1330. The largest absolute Gasteiger partial charge is 0.481 e. The fraction of sp³-hybridized carbons (Fsp3) is 0.719. The predicted molar refractivity (Wildman–Crippen MR) is 182 cm³/mol. The normalized spacial score (nSPS) is 17.6. The van der Waals surface area contributed by atoms with Gasteiger partial charge in [0.05, 0.1) is 19.1 Å². The lowest BCUT2D eigenvalue weighted by atomic mass is 10.00. The summed E-state index contributed by atoms with van der Waals surface area (Å²) in [6, 6.07) is -9.21. The number of nitrogens with zero attached hydrogens (tertiary/aromatic N) is 1. The maximum Gasteiger partial charge on any atom is 0.326 e. The van der Waals surface area contributed by atoms with Crippen LogP contribution in [-0.2, 0) is 43.2 Å². The summed E-state index contributed by atoms with van der Waals surface area (Å²) in [7, 11) is 0. The number of amides is 7. The fourth-order valence-electron chi connectivity index (χ4n) is 5.44. The highest BCUT2D eigenvalue weighted by atomic mass is 16.4. The van der Waals surface area contributed by atoms with E-state index in [9.17, 15) is 53.4 Å². The molecule has 0 aromatic heterocycles. The monoisotopic (exact) mass is 742 g/mol. The van der Waals surface area contributed by atoms with E-state index in [0.29, 0.717) is 19.3 Å². The zero-order valence-corrected chi connectivity index (χ0v) is 30.2. The zero-order chi connectivity index (χ0) is 39.9. The van der Waals surface area contributed by atoms with Gasteiger partial charge < -0.3 is 58.3 Å². The summed E-state index contributed by atoms with van der Waals surface area (Å²) in [4.78, 5) is 114. The Hall–Kier alpha value is -4.85. The van der Waals surface area contributed by atoms with Crippen LogP contribution < -0.4 is 38.1 Å². The van der Waals surface area contributed by atoms with Gasteiger partial charge in [-0.25, -0.2) is 4.79 Å². The predicted octanol–water partition coefficient (Wildman–Crippen LogP) is -3.34. The number of primary amides is 1. The van der Waals surface area contributed by atoms with Gasteiger partial charge in [0.15, 0.2) is 0 Å². The number of carbonyl (C=O) groups is 9. The first-order chi connectivity index (χ1) is 24.2. The first-order valence-electron chi connectivity index (χ1n) is 17.1. The van der Waals surface area contributed by atoms with Gasteiger partial charge in [-0.05, 0) is 50.9 Å². The van der Waals surface area contributed by atoms with Crippen molar-refractivity contribution in [2.24, 2.45) is 23.3 Å². The summed E-state index contributed by atoms with van der Waals surface area (Å²) in [5, 5.41) is 39.5. The van der Waals surface area contributed by atoms with E-state index in [-0.39, 0.29) is 24.8 Å². The molecule has 12 N–H and O–H groups in total. The molecule has 0 aliphatic carbocycles. The van der Waals surface area contributed by atoms with Crippen molar-refractivity contribution < 1.29 is 58.5 Å². The smallest absolute Gasteiger partial charge is 0.326 e. The minimum atomic E-state index is -1.76. The van der Waals surface area contributed by atoms with E-state index in [1.54, 1.807) is 0 Å². The molecule has 0 spiro atoms. The summed E-state index contributed by atoms with van der Waals surface area (Å²) in [5.74, 6) is -8.79. The molecule has 7 atom stereocenters. The lowest BCUT2D eigenvalue weighted by Gasteiger charge is -2.31. The molecule has 20 heteroatoms. The summed E-state index contributed by atoms with van der Waals surface area (Å²) in [5.41, 5.74) is 11.2. The summed E-state index contributed by atoms with van der Waals surface area (Å²) in [6.45, 7) is 8.08. The zero-order valence-electron chi connectivity index (χ0n) is 30.2. The summed E-state index contributed by atoms with van der Waals surface area (Å²) < 4.78 is 0. The van der Waals surface area contributed by atoms with Gasteiger partial charge in [0.2, 0.25) is 41.4 Å². The third kappa shape index (κ3) is 15.2. The number of hydrogen-bond acceptors (Lipinski definition) is 11. The molecule has 7 amide bonds. The molecular formula is C32H54N8O12.